The topological polar surface area (TPSA) is 26.0 Å². The number of fused-ring (bicyclic) bond motifs is 1. The molecule has 2 aliphatic rings. The molecule has 2 unspecified atom stereocenters. The molecule has 2 atom stereocenters. The Labute approximate surface area is 63.0 Å². The van der Waals surface area contributed by atoms with Crippen LogP contribution in [0.5, 0.6) is 0 Å². The Balaban J connectivity index is 1.89. The second-order valence-corrected chi connectivity index (χ2v) is 3.87. The second kappa shape index (κ2) is 2.54. The predicted octanol–water partition coefficient (Wildman–Crippen LogP) is 1.77. The summed E-state index contributed by atoms with van der Waals surface area (Å²) in [5.41, 5.74) is 5.64. The highest BCUT2D eigenvalue weighted by Gasteiger charge is 2.47. The van der Waals surface area contributed by atoms with Gasteiger partial charge >= 0.3 is 0 Å². The van der Waals surface area contributed by atoms with Gasteiger partial charge in [-0.15, -0.1) is 0 Å². The van der Waals surface area contributed by atoms with Crippen LogP contribution in [0.25, 0.3) is 0 Å². The molecule has 2 saturated carbocycles. The van der Waals surface area contributed by atoms with Crippen molar-refractivity contribution in [2.24, 2.45) is 23.5 Å². The van der Waals surface area contributed by atoms with E-state index in [0.29, 0.717) is 0 Å². The summed E-state index contributed by atoms with van der Waals surface area (Å²) in [6.07, 6.45) is 7.37. The van der Waals surface area contributed by atoms with Gasteiger partial charge in [0.1, 0.15) is 0 Å². The minimum atomic E-state index is 0.931. The Hall–Kier alpha value is -0.0400. The van der Waals surface area contributed by atoms with Crippen LogP contribution in [-0.2, 0) is 0 Å². The van der Waals surface area contributed by atoms with E-state index in [1.165, 1.54) is 32.1 Å². The molecule has 0 radical (unpaired) electrons. The molecular formula is C9H17N. The molecule has 10 heavy (non-hydrogen) atoms. The summed E-state index contributed by atoms with van der Waals surface area (Å²) in [5.74, 6) is 3.03. The van der Waals surface area contributed by atoms with Crippen molar-refractivity contribution in [1.82, 2.24) is 0 Å². The monoisotopic (exact) mass is 139 g/mol. The zero-order valence-electron chi connectivity index (χ0n) is 6.55. The normalized spacial score (nSPS) is 45.9. The van der Waals surface area contributed by atoms with Gasteiger partial charge in [-0.2, -0.15) is 0 Å². The smallest absolute Gasteiger partial charge is 0.00434 e. The van der Waals surface area contributed by atoms with Crippen LogP contribution in [0.15, 0.2) is 0 Å². The average molecular weight is 139 g/mol. The zero-order valence-corrected chi connectivity index (χ0v) is 6.55. The van der Waals surface area contributed by atoms with E-state index in [9.17, 15) is 0 Å². The van der Waals surface area contributed by atoms with Crippen molar-refractivity contribution in [3.63, 3.8) is 0 Å². The van der Waals surface area contributed by atoms with E-state index in [0.717, 1.165) is 24.3 Å². The molecule has 2 fully saturated rings. The molecular weight excluding hydrogens is 122 g/mol. The standard InChI is InChI=1S/C9H17N/c10-6-9-7-4-2-1-3-5-8(7)9/h7-9H,1-6,10H2. The lowest BCUT2D eigenvalue weighted by Gasteiger charge is -1.97. The molecule has 0 spiro atoms. The molecule has 1 heteroatoms. The maximum Gasteiger partial charge on any atom is -0.00434 e. The fraction of sp³-hybridized carbons (Fsp3) is 1.00. The number of nitrogens with two attached hydrogens (primary N) is 1. The van der Waals surface area contributed by atoms with Crippen LogP contribution in [0.4, 0.5) is 0 Å². The van der Waals surface area contributed by atoms with Crippen molar-refractivity contribution in [3.8, 4) is 0 Å². The summed E-state index contributed by atoms with van der Waals surface area (Å²) in [6.45, 7) is 0.954. The Morgan fingerprint density at radius 3 is 2.10 bits per heavy atom. The summed E-state index contributed by atoms with van der Waals surface area (Å²) in [7, 11) is 0. The molecule has 0 aromatic carbocycles. The average Bonchev–Trinajstić information content (AvgIpc) is 2.59. The van der Waals surface area contributed by atoms with E-state index in [1.54, 1.807) is 0 Å². The highest BCUT2D eigenvalue weighted by Crippen LogP contribution is 2.53. The van der Waals surface area contributed by atoms with Gasteiger partial charge in [-0.1, -0.05) is 19.3 Å². The Bertz CT molecular complexity index is 110. The molecule has 2 rings (SSSR count). The van der Waals surface area contributed by atoms with Gasteiger partial charge in [0.15, 0.2) is 0 Å². The first-order valence-electron chi connectivity index (χ1n) is 4.63. The summed E-state index contributed by atoms with van der Waals surface area (Å²) >= 11 is 0. The Morgan fingerprint density at radius 2 is 1.60 bits per heavy atom. The minimum absolute atomic E-state index is 0.931. The maximum atomic E-state index is 5.64. The van der Waals surface area contributed by atoms with Crippen molar-refractivity contribution in [2.75, 3.05) is 6.54 Å². The van der Waals surface area contributed by atoms with E-state index in [2.05, 4.69) is 0 Å². The molecule has 1 nitrogen and oxygen atoms in total. The molecule has 0 aromatic rings. The molecule has 2 aliphatic carbocycles. The Kier molecular flexibility index (Phi) is 1.69. The minimum Gasteiger partial charge on any atom is -0.330 e. The van der Waals surface area contributed by atoms with Crippen LogP contribution >= 0.6 is 0 Å². The van der Waals surface area contributed by atoms with Crippen molar-refractivity contribution >= 4 is 0 Å². The summed E-state index contributed by atoms with van der Waals surface area (Å²) < 4.78 is 0. The molecule has 0 aromatic heterocycles. The van der Waals surface area contributed by atoms with Gasteiger partial charge in [-0.3, -0.25) is 0 Å². The largest absolute Gasteiger partial charge is 0.330 e. The molecule has 0 bridgehead atoms. The van der Waals surface area contributed by atoms with Crippen LogP contribution in [0.2, 0.25) is 0 Å². The lowest BCUT2D eigenvalue weighted by molar-refractivity contribution is 0.574. The first-order valence-corrected chi connectivity index (χ1v) is 4.63. The van der Waals surface area contributed by atoms with Crippen LogP contribution in [-0.4, -0.2) is 6.54 Å². The molecule has 0 aliphatic heterocycles. The molecule has 0 amide bonds. The van der Waals surface area contributed by atoms with Crippen LogP contribution in [0.3, 0.4) is 0 Å². The first kappa shape index (κ1) is 6.66. The third kappa shape index (κ3) is 0.968. The van der Waals surface area contributed by atoms with Gasteiger partial charge in [0.2, 0.25) is 0 Å². The summed E-state index contributed by atoms with van der Waals surface area (Å²) in [5, 5.41) is 0. The second-order valence-electron chi connectivity index (χ2n) is 3.87. The van der Waals surface area contributed by atoms with Crippen molar-refractivity contribution in [2.45, 2.75) is 32.1 Å². The zero-order chi connectivity index (χ0) is 6.97. The van der Waals surface area contributed by atoms with E-state index in [4.69, 9.17) is 5.73 Å². The van der Waals surface area contributed by atoms with Crippen molar-refractivity contribution in [1.29, 1.82) is 0 Å². The maximum absolute atomic E-state index is 5.64. The highest BCUT2D eigenvalue weighted by atomic mass is 14.7. The lowest BCUT2D eigenvalue weighted by atomic mass is 10.1. The van der Waals surface area contributed by atoms with Gasteiger partial charge < -0.3 is 5.73 Å². The lowest BCUT2D eigenvalue weighted by Crippen LogP contribution is -2.04. The first-order chi connectivity index (χ1) is 4.93. The van der Waals surface area contributed by atoms with E-state index in [-0.39, 0.29) is 0 Å². The number of hydrogen-bond acceptors (Lipinski definition) is 1. The molecule has 0 saturated heterocycles. The summed E-state index contributed by atoms with van der Waals surface area (Å²) in [6, 6.07) is 0. The van der Waals surface area contributed by atoms with E-state index >= 15 is 0 Å². The number of rotatable bonds is 1. The van der Waals surface area contributed by atoms with E-state index < -0.39 is 0 Å². The van der Waals surface area contributed by atoms with Crippen molar-refractivity contribution < 1.29 is 0 Å². The fourth-order valence-corrected chi connectivity index (χ4v) is 2.67. The third-order valence-corrected chi connectivity index (χ3v) is 3.36. The highest BCUT2D eigenvalue weighted by molar-refractivity contribution is 4.98. The predicted molar refractivity (Wildman–Crippen MR) is 42.6 cm³/mol. The van der Waals surface area contributed by atoms with Gasteiger partial charge in [0.25, 0.3) is 0 Å². The molecule has 2 N–H and O–H groups in total. The fourth-order valence-electron chi connectivity index (χ4n) is 2.67. The number of hydrogen-bond donors (Lipinski definition) is 1. The van der Waals surface area contributed by atoms with Gasteiger partial charge in [-0.25, -0.2) is 0 Å². The summed E-state index contributed by atoms with van der Waals surface area (Å²) in [4.78, 5) is 0. The van der Waals surface area contributed by atoms with Gasteiger partial charge in [-0.05, 0) is 37.1 Å². The van der Waals surface area contributed by atoms with Crippen LogP contribution in [0.1, 0.15) is 32.1 Å². The van der Waals surface area contributed by atoms with Crippen LogP contribution < -0.4 is 5.73 Å². The van der Waals surface area contributed by atoms with Crippen molar-refractivity contribution in [3.05, 3.63) is 0 Å². The van der Waals surface area contributed by atoms with Crippen LogP contribution in [0, 0.1) is 17.8 Å². The molecule has 0 heterocycles. The van der Waals surface area contributed by atoms with Gasteiger partial charge in [0, 0.05) is 0 Å². The Morgan fingerprint density at radius 1 is 1.00 bits per heavy atom. The third-order valence-electron chi connectivity index (χ3n) is 3.36. The molecule has 58 valence electrons. The SMILES string of the molecule is NCC1C2CCCCCC12. The quantitative estimate of drug-likeness (QED) is 0.588. The van der Waals surface area contributed by atoms with E-state index in [1.807, 2.05) is 0 Å². The van der Waals surface area contributed by atoms with Gasteiger partial charge in [0.05, 0.1) is 0 Å².